The van der Waals surface area contributed by atoms with Crippen LogP contribution in [0.15, 0.2) is 0 Å². The molecule has 28 heavy (non-hydrogen) atoms. The number of carbonyl (C=O) groups excluding carboxylic acids is 2. The molecule has 1 N–H and O–H groups in total. The van der Waals surface area contributed by atoms with Gasteiger partial charge in [-0.15, -0.1) is 11.3 Å². The number of piperazine rings is 1. The number of nitrogens with one attached hydrogen (secondary N) is 1. The number of amides is 1. The largest absolute Gasteiger partial charge is 0.465 e. The molecule has 3 rings (SSSR count). The van der Waals surface area contributed by atoms with Crippen LogP contribution in [0.5, 0.6) is 0 Å². The second-order valence-electron chi connectivity index (χ2n) is 7.03. The van der Waals surface area contributed by atoms with Gasteiger partial charge in [-0.3, -0.25) is 9.69 Å². The average molecular weight is 430 g/mol. The molecule has 1 fully saturated rings. The van der Waals surface area contributed by atoms with Crippen molar-refractivity contribution < 1.29 is 22.7 Å². The molecule has 2 aliphatic rings. The van der Waals surface area contributed by atoms with Crippen molar-refractivity contribution in [2.45, 2.75) is 32.6 Å². The fourth-order valence-corrected chi connectivity index (χ4v) is 6.07. The highest BCUT2D eigenvalue weighted by Crippen LogP contribution is 2.38. The summed E-state index contributed by atoms with van der Waals surface area (Å²) in [5.74, 6) is -0.518. The minimum absolute atomic E-state index is 0.0901. The van der Waals surface area contributed by atoms with E-state index in [4.69, 9.17) is 4.74 Å². The topological polar surface area (TPSA) is 96.0 Å². The Morgan fingerprint density at radius 3 is 2.46 bits per heavy atom. The van der Waals surface area contributed by atoms with Crippen molar-refractivity contribution >= 4 is 38.2 Å². The summed E-state index contributed by atoms with van der Waals surface area (Å²) in [5.41, 5.74) is 1.51. The van der Waals surface area contributed by atoms with E-state index in [1.54, 1.807) is 6.92 Å². The van der Waals surface area contributed by atoms with Gasteiger partial charge < -0.3 is 10.1 Å². The van der Waals surface area contributed by atoms with Gasteiger partial charge in [0.15, 0.2) is 0 Å². The third-order valence-corrected chi connectivity index (χ3v) is 8.36. The van der Waals surface area contributed by atoms with E-state index in [0.29, 0.717) is 36.7 Å². The Morgan fingerprint density at radius 1 is 1.14 bits per heavy atom. The summed E-state index contributed by atoms with van der Waals surface area (Å²) in [7, 11) is -1.83. The second kappa shape index (κ2) is 8.89. The molecule has 1 saturated heterocycles. The number of rotatable bonds is 6. The van der Waals surface area contributed by atoms with Crippen LogP contribution in [0.3, 0.4) is 0 Å². The van der Waals surface area contributed by atoms with Gasteiger partial charge in [-0.2, -0.15) is 4.31 Å². The Bertz CT molecular complexity index is 842. The molecule has 1 aliphatic carbocycles. The van der Waals surface area contributed by atoms with Gasteiger partial charge in [0.2, 0.25) is 15.9 Å². The summed E-state index contributed by atoms with van der Waals surface area (Å²) in [5, 5.41) is 3.45. The zero-order valence-electron chi connectivity index (χ0n) is 16.3. The van der Waals surface area contributed by atoms with Crippen molar-refractivity contribution in [2.75, 3.05) is 50.9 Å². The summed E-state index contributed by atoms with van der Waals surface area (Å²) in [6, 6.07) is 0. The third-order valence-electron chi connectivity index (χ3n) is 5.27. The van der Waals surface area contributed by atoms with Gasteiger partial charge in [0, 0.05) is 31.1 Å². The van der Waals surface area contributed by atoms with E-state index >= 15 is 0 Å². The molecule has 1 aromatic heterocycles. The van der Waals surface area contributed by atoms with E-state index in [1.165, 1.54) is 22.8 Å². The average Bonchev–Trinajstić information content (AvgIpc) is 3.05. The number of sulfonamides is 1. The molecule has 8 nitrogen and oxygen atoms in total. The lowest BCUT2D eigenvalue weighted by Gasteiger charge is -2.33. The molecule has 0 aromatic carbocycles. The van der Waals surface area contributed by atoms with Gasteiger partial charge in [-0.05, 0) is 38.2 Å². The van der Waals surface area contributed by atoms with E-state index in [-0.39, 0.29) is 18.2 Å². The Balaban J connectivity index is 1.63. The van der Waals surface area contributed by atoms with Crippen LogP contribution < -0.4 is 5.32 Å². The summed E-state index contributed by atoms with van der Waals surface area (Å²) in [6.45, 7) is 3.61. The number of ether oxygens (including phenoxy) is 1. The number of fused-ring (bicyclic) bond motifs is 1. The molecule has 0 spiro atoms. The summed E-state index contributed by atoms with van der Waals surface area (Å²) in [6.07, 6.45) is 3.88. The zero-order valence-corrected chi connectivity index (χ0v) is 18.0. The van der Waals surface area contributed by atoms with Crippen molar-refractivity contribution in [3.05, 3.63) is 16.0 Å². The molecule has 0 radical (unpaired) electrons. The van der Waals surface area contributed by atoms with Crippen molar-refractivity contribution in [1.82, 2.24) is 9.21 Å². The van der Waals surface area contributed by atoms with Gasteiger partial charge in [-0.25, -0.2) is 13.2 Å². The van der Waals surface area contributed by atoms with Gasteiger partial charge >= 0.3 is 5.97 Å². The van der Waals surface area contributed by atoms with Crippen LogP contribution in [-0.2, 0) is 32.4 Å². The Kier molecular flexibility index (Phi) is 6.74. The molecular weight excluding hydrogens is 402 g/mol. The monoisotopic (exact) mass is 429 g/mol. The number of hydrogen-bond acceptors (Lipinski definition) is 7. The van der Waals surface area contributed by atoms with E-state index in [0.717, 1.165) is 36.1 Å². The van der Waals surface area contributed by atoms with Crippen LogP contribution in [0.4, 0.5) is 5.00 Å². The standard InChI is InChI=1S/C18H27N3O5S2/c1-3-28(24,25)21-10-8-20(9-11-21)12-15(22)19-17-16(18(23)26-2)13-6-4-5-7-14(13)27-17/h3-12H2,1-2H3,(H,19,22). The van der Waals surface area contributed by atoms with Crippen molar-refractivity contribution in [3.8, 4) is 0 Å². The maximum Gasteiger partial charge on any atom is 0.341 e. The van der Waals surface area contributed by atoms with Crippen LogP contribution in [0, 0.1) is 0 Å². The number of nitrogens with zero attached hydrogens (tertiary/aromatic N) is 2. The minimum Gasteiger partial charge on any atom is -0.465 e. The minimum atomic E-state index is -3.19. The number of thiophene rings is 1. The lowest BCUT2D eigenvalue weighted by atomic mass is 9.95. The zero-order chi connectivity index (χ0) is 20.3. The molecule has 0 saturated carbocycles. The van der Waals surface area contributed by atoms with E-state index in [9.17, 15) is 18.0 Å². The highest BCUT2D eigenvalue weighted by molar-refractivity contribution is 7.89. The smallest absolute Gasteiger partial charge is 0.341 e. The van der Waals surface area contributed by atoms with E-state index < -0.39 is 16.0 Å². The van der Waals surface area contributed by atoms with Crippen LogP contribution in [0.25, 0.3) is 0 Å². The molecule has 1 aromatic rings. The number of esters is 1. The van der Waals surface area contributed by atoms with Crippen LogP contribution in [0.2, 0.25) is 0 Å². The van der Waals surface area contributed by atoms with Crippen molar-refractivity contribution in [1.29, 1.82) is 0 Å². The Morgan fingerprint density at radius 2 is 1.82 bits per heavy atom. The molecule has 1 aliphatic heterocycles. The summed E-state index contributed by atoms with van der Waals surface area (Å²) in [4.78, 5) is 27.9. The maximum absolute atomic E-state index is 12.6. The molecule has 156 valence electrons. The molecular formula is C18H27N3O5S2. The van der Waals surface area contributed by atoms with Gasteiger partial charge in [0.05, 0.1) is 25.0 Å². The number of hydrogen-bond donors (Lipinski definition) is 1. The fourth-order valence-electron chi connectivity index (χ4n) is 3.69. The SMILES string of the molecule is CCS(=O)(=O)N1CCN(CC(=O)Nc2sc3c(c2C(=O)OC)CCCC3)CC1. The van der Waals surface area contributed by atoms with Crippen LogP contribution >= 0.6 is 11.3 Å². The highest BCUT2D eigenvalue weighted by atomic mass is 32.2. The maximum atomic E-state index is 12.6. The number of carbonyl (C=O) groups is 2. The molecule has 0 bridgehead atoms. The Hall–Kier alpha value is -1.49. The predicted molar refractivity (Wildman–Crippen MR) is 108 cm³/mol. The predicted octanol–water partition coefficient (Wildman–Crippen LogP) is 1.32. The fraction of sp³-hybridized carbons (Fsp3) is 0.667. The van der Waals surface area contributed by atoms with Crippen molar-refractivity contribution in [3.63, 3.8) is 0 Å². The first kappa shape index (κ1) is 21.2. The van der Waals surface area contributed by atoms with Crippen molar-refractivity contribution in [2.24, 2.45) is 0 Å². The van der Waals surface area contributed by atoms with Crippen LogP contribution in [-0.4, -0.2) is 75.1 Å². The first-order chi connectivity index (χ1) is 13.4. The molecule has 10 heteroatoms. The molecule has 0 unspecified atom stereocenters. The van der Waals surface area contributed by atoms with Gasteiger partial charge in [-0.1, -0.05) is 0 Å². The number of aryl methyl sites for hydroxylation is 1. The molecule has 2 heterocycles. The molecule has 1 amide bonds. The normalized spacial score (nSPS) is 18.5. The van der Waals surface area contributed by atoms with Gasteiger partial charge in [0.1, 0.15) is 5.00 Å². The first-order valence-electron chi connectivity index (χ1n) is 9.58. The number of methoxy groups -OCH3 is 1. The summed E-state index contributed by atoms with van der Waals surface area (Å²) >= 11 is 1.46. The lowest BCUT2D eigenvalue weighted by Crippen LogP contribution is -2.50. The van der Waals surface area contributed by atoms with E-state index in [2.05, 4.69) is 5.32 Å². The first-order valence-corrected chi connectivity index (χ1v) is 12.0. The quantitative estimate of drug-likeness (QED) is 0.685. The third kappa shape index (κ3) is 4.56. The second-order valence-corrected chi connectivity index (χ2v) is 10.4. The summed E-state index contributed by atoms with van der Waals surface area (Å²) < 4.78 is 30.3. The lowest BCUT2D eigenvalue weighted by molar-refractivity contribution is -0.117. The number of anilines is 1. The Labute approximate surface area is 169 Å². The van der Waals surface area contributed by atoms with Gasteiger partial charge in [0.25, 0.3) is 0 Å². The van der Waals surface area contributed by atoms with E-state index in [1.807, 2.05) is 4.90 Å². The molecule has 0 atom stereocenters. The highest BCUT2D eigenvalue weighted by Gasteiger charge is 2.29. The van der Waals surface area contributed by atoms with Crippen LogP contribution in [0.1, 0.15) is 40.6 Å².